The molecule has 3 nitrogen and oxygen atoms in total. The lowest BCUT2D eigenvalue weighted by Crippen LogP contribution is -2.36. The van der Waals surface area contributed by atoms with Crippen LogP contribution in [-0.2, 0) is 4.79 Å². The molecule has 1 aromatic carbocycles. The second-order valence-electron chi connectivity index (χ2n) is 4.36. The van der Waals surface area contributed by atoms with Crippen LogP contribution < -0.4 is 10.6 Å². The standard InChI is InChI=1S/C13H17Cl3N2O/c1-3-4-8(2)18-12(19)7-17-13-10(15)5-9(14)6-11(13)16/h5-6,8,17H,3-4,7H2,1-2H3,(H,18,19). The Morgan fingerprint density at radius 1 is 1.26 bits per heavy atom. The van der Waals surface area contributed by atoms with Crippen LogP contribution in [0.1, 0.15) is 26.7 Å². The highest BCUT2D eigenvalue weighted by Gasteiger charge is 2.10. The molecule has 0 aliphatic rings. The quantitative estimate of drug-likeness (QED) is 0.816. The van der Waals surface area contributed by atoms with Gasteiger partial charge in [0.25, 0.3) is 0 Å². The van der Waals surface area contributed by atoms with E-state index >= 15 is 0 Å². The van der Waals surface area contributed by atoms with Gasteiger partial charge in [-0.3, -0.25) is 4.79 Å². The molecule has 0 saturated heterocycles. The van der Waals surface area contributed by atoms with Crippen LogP contribution in [0.15, 0.2) is 12.1 Å². The fraction of sp³-hybridized carbons (Fsp3) is 0.462. The minimum absolute atomic E-state index is 0.0944. The third-order valence-corrected chi connectivity index (χ3v) is 3.38. The first kappa shape index (κ1) is 16.4. The second-order valence-corrected chi connectivity index (χ2v) is 5.61. The molecule has 1 unspecified atom stereocenters. The Hall–Kier alpha value is -0.640. The average molecular weight is 324 g/mol. The Kier molecular flexibility index (Phi) is 6.76. The largest absolute Gasteiger partial charge is 0.374 e. The first-order chi connectivity index (χ1) is 8.93. The molecule has 6 heteroatoms. The zero-order valence-electron chi connectivity index (χ0n) is 10.9. The smallest absolute Gasteiger partial charge is 0.239 e. The molecule has 0 heterocycles. The summed E-state index contributed by atoms with van der Waals surface area (Å²) < 4.78 is 0. The number of anilines is 1. The van der Waals surface area contributed by atoms with Crippen molar-refractivity contribution in [2.75, 3.05) is 11.9 Å². The molecular formula is C13H17Cl3N2O. The highest BCUT2D eigenvalue weighted by molar-refractivity contribution is 6.41. The van der Waals surface area contributed by atoms with E-state index in [4.69, 9.17) is 34.8 Å². The number of hydrogen-bond donors (Lipinski definition) is 2. The SMILES string of the molecule is CCCC(C)NC(=O)CNc1c(Cl)cc(Cl)cc1Cl. The van der Waals surface area contributed by atoms with E-state index in [1.165, 1.54) is 0 Å². The summed E-state index contributed by atoms with van der Waals surface area (Å²) in [6.45, 7) is 4.17. The summed E-state index contributed by atoms with van der Waals surface area (Å²) in [5, 5.41) is 7.06. The zero-order chi connectivity index (χ0) is 14.4. The molecule has 0 aromatic heterocycles. The van der Waals surface area contributed by atoms with E-state index in [9.17, 15) is 4.79 Å². The fourth-order valence-corrected chi connectivity index (χ4v) is 2.66. The summed E-state index contributed by atoms with van der Waals surface area (Å²) >= 11 is 17.8. The molecular weight excluding hydrogens is 307 g/mol. The van der Waals surface area contributed by atoms with Crippen molar-refractivity contribution < 1.29 is 4.79 Å². The minimum atomic E-state index is -0.0944. The number of hydrogen-bond acceptors (Lipinski definition) is 2. The predicted molar refractivity (Wildman–Crippen MR) is 82.5 cm³/mol. The summed E-state index contributed by atoms with van der Waals surface area (Å²) in [4.78, 5) is 11.7. The van der Waals surface area contributed by atoms with Crippen molar-refractivity contribution in [1.29, 1.82) is 0 Å². The van der Waals surface area contributed by atoms with Gasteiger partial charge in [0.15, 0.2) is 0 Å². The van der Waals surface area contributed by atoms with E-state index in [2.05, 4.69) is 17.6 Å². The van der Waals surface area contributed by atoms with Gasteiger partial charge in [0.05, 0.1) is 22.3 Å². The molecule has 0 saturated carbocycles. The second kappa shape index (κ2) is 7.83. The Labute approximate surface area is 128 Å². The third kappa shape index (κ3) is 5.47. The molecule has 1 amide bonds. The van der Waals surface area contributed by atoms with Gasteiger partial charge >= 0.3 is 0 Å². The topological polar surface area (TPSA) is 41.1 Å². The molecule has 1 rings (SSSR count). The Morgan fingerprint density at radius 2 is 1.84 bits per heavy atom. The van der Waals surface area contributed by atoms with Crippen LogP contribution in [0, 0.1) is 0 Å². The molecule has 0 bridgehead atoms. The van der Waals surface area contributed by atoms with E-state index < -0.39 is 0 Å². The number of amides is 1. The Bertz CT molecular complexity index is 429. The van der Waals surface area contributed by atoms with Gasteiger partial charge < -0.3 is 10.6 Å². The number of nitrogens with one attached hydrogen (secondary N) is 2. The number of benzene rings is 1. The first-order valence-electron chi connectivity index (χ1n) is 6.11. The molecule has 1 aromatic rings. The van der Waals surface area contributed by atoms with Gasteiger partial charge in [0, 0.05) is 11.1 Å². The zero-order valence-corrected chi connectivity index (χ0v) is 13.2. The fourth-order valence-electron chi connectivity index (χ4n) is 1.71. The summed E-state index contributed by atoms with van der Waals surface area (Å²) in [6, 6.07) is 3.32. The van der Waals surface area contributed by atoms with Crippen LogP contribution >= 0.6 is 34.8 Å². The lowest BCUT2D eigenvalue weighted by atomic mass is 10.2. The van der Waals surface area contributed by atoms with Crippen molar-refractivity contribution in [3.63, 3.8) is 0 Å². The minimum Gasteiger partial charge on any atom is -0.374 e. The monoisotopic (exact) mass is 322 g/mol. The van der Waals surface area contributed by atoms with Gasteiger partial charge in [-0.2, -0.15) is 0 Å². The highest BCUT2D eigenvalue weighted by atomic mass is 35.5. The summed E-state index contributed by atoms with van der Waals surface area (Å²) in [5.74, 6) is -0.0944. The van der Waals surface area contributed by atoms with Crippen molar-refractivity contribution in [3.8, 4) is 0 Å². The van der Waals surface area contributed by atoms with Crippen LogP contribution in [-0.4, -0.2) is 18.5 Å². The van der Waals surface area contributed by atoms with Crippen molar-refractivity contribution in [2.45, 2.75) is 32.7 Å². The Balaban J connectivity index is 2.55. The molecule has 19 heavy (non-hydrogen) atoms. The van der Waals surface area contributed by atoms with Crippen LogP contribution in [0.3, 0.4) is 0 Å². The Morgan fingerprint density at radius 3 is 2.37 bits per heavy atom. The van der Waals surface area contributed by atoms with Gasteiger partial charge in [-0.05, 0) is 25.5 Å². The lowest BCUT2D eigenvalue weighted by molar-refractivity contribution is -0.120. The predicted octanol–water partition coefficient (Wildman–Crippen LogP) is 4.36. The van der Waals surface area contributed by atoms with E-state index in [1.807, 2.05) is 6.92 Å². The van der Waals surface area contributed by atoms with E-state index in [-0.39, 0.29) is 18.5 Å². The van der Waals surface area contributed by atoms with Crippen molar-refractivity contribution >= 4 is 46.4 Å². The summed E-state index contributed by atoms with van der Waals surface area (Å²) in [7, 11) is 0. The molecule has 0 fully saturated rings. The van der Waals surface area contributed by atoms with Crippen LogP contribution in [0.4, 0.5) is 5.69 Å². The molecule has 1 atom stereocenters. The van der Waals surface area contributed by atoms with Crippen LogP contribution in [0.5, 0.6) is 0 Å². The number of rotatable bonds is 6. The van der Waals surface area contributed by atoms with Crippen molar-refractivity contribution in [3.05, 3.63) is 27.2 Å². The van der Waals surface area contributed by atoms with Gasteiger partial charge in [0.2, 0.25) is 5.91 Å². The number of carbonyl (C=O) groups is 1. The first-order valence-corrected chi connectivity index (χ1v) is 7.25. The van der Waals surface area contributed by atoms with Crippen LogP contribution in [0.2, 0.25) is 15.1 Å². The normalized spacial score (nSPS) is 12.1. The number of halogens is 3. The van der Waals surface area contributed by atoms with Crippen molar-refractivity contribution in [1.82, 2.24) is 5.32 Å². The van der Waals surface area contributed by atoms with Gasteiger partial charge in [0.1, 0.15) is 0 Å². The number of carbonyl (C=O) groups excluding carboxylic acids is 1. The van der Waals surface area contributed by atoms with Crippen molar-refractivity contribution in [2.24, 2.45) is 0 Å². The molecule has 106 valence electrons. The maximum atomic E-state index is 11.7. The van der Waals surface area contributed by atoms with Crippen LogP contribution in [0.25, 0.3) is 0 Å². The summed E-state index contributed by atoms with van der Waals surface area (Å²) in [6.07, 6.45) is 1.98. The van der Waals surface area contributed by atoms with Gasteiger partial charge in [-0.15, -0.1) is 0 Å². The van der Waals surface area contributed by atoms with E-state index in [0.717, 1.165) is 12.8 Å². The molecule has 2 N–H and O–H groups in total. The van der Waals surface area contributed by atoms with Gasteiger partial charge in [-0.1, -0.05) is 48.1 Å². The highest BCUT2D eigenvalue weighted by Crippen LogP contribution is 2.33. The molecule has 0 radical (unpaired) electrons. The molecule has 0 spiro atoms. The molecule has 0 aliphatic carbocycles. The summed E-state index contributed by atoms with van der Waals surface area (Å²) in [5.41, 5.74) is 0.519. The van der Waals surface area contributed by atoms with Gasteiger partial charge in [-0.25, -0.2) is 0 Å². The lowest BCUT2D eigenvalue weighted by Gasteiger charge is -2.14. The van der Waals surface area contributed by atoms with E-state index in [1.54, 1.807) is 12.1 Å². The maximum absolute atomic E-state index is 11.7. The maximum Gasteiger partial charge on any atom is 0.239 e. The van der Waals surface area contributed by atoms with E-state index in [0.29, 0.717) is 20.8 Å². The molecule has 0 aliphatic heterocycles. The average Bonchev–Trinajstić information content (AvgIpc) is 2.27. The third-order valence-electron chi connectivity index (χ3n) is 2.56.